The Bertz CT molecular complexity index is 848. The number of nitrogens with zero attached hydrogens (tertiary/aromatic N) is 3. The molecule has 8 heteroatoms. The summed E-state index contributed by atoms with van der Waals surface area (Å²) in [5, 5.41) is 0.285. The van der Waals surface area contributed by atoms with Crippen molar-refractivity contribution in [1.82, 2.24) is 9.29 Å². The summed E-state index contributed by atoms with van der Waals surface area (Å²) in [7, 11) is -3.51. The van der Waals surface area contributed by atoms with Gasteiger partial charge in [-0.15, -0.1) is 0 Å². The Morgan fingerprint density at radius 3 is 2.70 bits per heavy atom. The van der Waals surface area contributed by atoms with Gasteiger partial charge in [-0.2, -0.15) is 12.7 Å². The molecule has 0 saturated carbocycles. The number of pyridine rings is 1. The van der Waals surface area contributed by atoms with E-state index in [9.17, 15) is 8.42 Å². The Hall–Kier alpha value is -1.83. The first-order valence-electron chi connectivity index (χ1n) is 9.04. The fraction of sp³-hybridized carbons (Fsp3) is 0.421. The summed E-state index contributed by atoms with van der Waals surface area (Å²) in [6.45, 7) is 4.16. The molecule has 2 heterocycles. The van der Waals surface area contributed by atoms with Crippen LogP contribution in [0.25, 0.3) is 0 Å². The molecule has 2 aromatic rings. The Morgan fingerprint density at radius 1 is 1.19 bits per heavy atom. The third-order valence-electron chi connectivity index (χ3n) is 4.65. The largest absolute Gasteiger partial charge is 0.494 e. The van der Waals surface area contributed by atoms with Crippen molar-refractivity contribution >= 4 is 27.5 Å². The van der Waals surface area contributed by atoms with Gasteiger partial charge in [0.05, 0.1) is 12.3 Å². The van der Waals surface area contributed by atoms with Crippen LogP contribution in [0, 0.1) is 5.92 Å². The molecule has 1 aliphatic heterocycles. The molecule has 1 aliphatic rings. The maximum absolute atomic E-state index is 12.8. The standard InChI is InChI=1S/C19H24ClN3O3S/c1-16(9-14-26-18-5-3-2-4-6-18)8-11-22-12-13-23(27(22,24)25)17-7-10-21-19(20)15-17/h2-7,10,15-16H,8-9,11-14H2,1H3. The Kier molecular flexibility index (Phi) is 6.57. The van der Waals surface area contributed by atoms with E-state index in [0.29, 0.717) is 37.8 Å². The first-order valence-corrected chi connectivity index (χ1v) is 10.8. The molecule has 0 aliphatic carbocycles. The average Bonchev–Trinajstić information content (AvgIpc) is 2.95. The first-order chi connectivity index (χ1) is 13.0. The van der Waals surface area contributed by atoms with Crippen LogP contribution in [0.2, 0.25) is 5.15 Å². The SMILES string of the molecule is CC(CCOc1ccccc1)CCN1CCN(c2ccnc(Cl)c2)S1(=O)=O. The van der Waals surface area contributed by atoms with E-state index >= 15 is 0 Å². The first kappa shape index (κ1) is 19.9. The minimum atomic E-state index is -3.51. The van der Waals surface area contributed by atoms with Crippen LogP contribution in [0.1, 0.15) is 19.8 Å². The van der Waals surface area contributed by atoms with Crippen molar-refractivity contribution in [3.05, 3.63) is 53.8 Å². The highest BCUT2D eigenvalue weighted by atomic mass is 35.5. The fourth-order valence-corrected chi connectivity index (χ4v) is 4.80. The van der Waals surface area contributed by atoms with E-state index in [2.05, 4.69) is 11.9 Å². The summed E-state index contributed by atoms with van der Waals surface area (Å²) < 4.78 is 34.2. The number of halogens is 1. The van der Waals surface area contributed by atoms with Crippen LogP contribution in [0.3, 0.4) is 0 Å². The molecule has 0 N–H and O–H groups in total. The lowest BCUT2D eigenvalue weighted by molar-refractivity contribution is 0.272. The van der Waals surface area contributed by atoms with E-state index in [-0.39, 0.29) is 5.15 Å². The summed E-state index contributed by atoms with van der Waals surface area (Å²) in [5.74, 6) is 1.23. The maximum Gasteiger partial charge on any atom is 0.304 e. The van der Waals surface area contributed by atoms with E-state index in [1.165, 1.54) is 14.8 Å². The third-order valence-corrected chi connectivity index (χ3v) is 6.82. The van der Waals surface area contributed by atoms with E-state index in [1.807, 2.05) is 30.3 Å². The lowest BCUT2D eigenvalue weighted by Gasteiger charge is -2.21. The number of benzene rings is 1. The summed E-state index contributed by atoms with van der Waals surface area (Å²) in [6.07, 6.45) is 3.19. The van der Waals surface area contributed by atoms with Gasteiger partial charge < -0.3 is 4.74 Å². The van der Waals surface area contributed by atoms with E-state index in [1.54, 1.807) is 12.1 Å². The predicted molar refractivity (Wildman–Crippen MR) is 107 cm³/mol. The van der Waals surface area contributed by atoms with Crippen LogP contribution in [0.15, 0.2) is 48.7 Å². The van der Waals surface area contributed by atoms with E-state index < -0.39 is 10.2 Å². The van der Waals surface area contributed by atoms with Gasteiger partial charge >= 0.3 is 10.2 Å². The molecule has 0 radical (unpaired) electrons. The molecule has 1 saturated heterocycles. The van der Waals surface area contributed by atoms with Gasteiger partial charge in [-0.25, -0.2) is 4.98 Å². The molecular formula is C19H24ClN3O3S. The van der Waals surface area contributed by atoms with Crippen molar-refractivity contribution in [2.45, 2.75) is 19.8 Å². The zero-order valence-corrected chi connectivity index (χ0v) is 16.9. The predicted octanol–water partition coefficient (Wildman–Crippen LogP) is 3.60. The van der Waals surface area contributed by atoms with Crippen molar-refractivity contribution in [2.75, 3.05) is 30.5 Å². The molecule has 146 valence electrons. The molecule has 0 spiro atoms. The zero-order chi connectivity index (χ0) is 19.3. The van der Waals surface area contributed by atoms with Crippen LogP contribution in [0.5, 0.6) is 5.75 Å². The number of hydrogen-bond acceptors (Lipinski definition) is 4. The van der Waals surface area contributed by atoms with Crippen LogP contribution >= 0.6 is 11.6 Å². The van der Waals surface area contributed by atoms with Crippen molar-refractivity contribution in [3.63, 3.8) is 0 Å². The monoisotopic (exact) mass is 409 g/mol. The summed E-state index contributed by atoms with van der Waals surface area (Å²) in [6, 6.07) is 12.9. The topological polar surface area (TPSA) is 62.7 Å². The second-order valence-corrected chi connectivity index (χ2v) is 8.90. The van der Waals surface area contributed by atoms with Gasteiger partial charge in [-0.1, -0.05) is 36.7 Å². The highest BCUT2D eigenvalue weighted by molar-refractivity contribution is 7.90. The molecule has 0 bridgehead atoms. The molecule has 3 rings (SSSR count). The summed E-state index contributed by atoms with van der Waals surface area (Å²) >= 11 is 5.89. The average molecular weight is 410 g/mol. The van der Waals surface area contributed by atoms with Crippen LogP contribution < -0.4 is 9.04 Å². The second-order valence-electron chi connectivity index (χ2n) is 6.66. The van der Waals surface area contributed by atoms with Gasteiger partial charge in [-0.3, -0.25) is 4.31 Å². The quantitative estimate of drug-likeness (QED) is 0.625. The molecule has 1 fully saturated rings. The number of anilines is 1. The van der Waals surface area contributed by atoms with E-state index in [4.69, 9.17) is 16.3 Å². The van der Waals surface area contributed by atoms with Crippen LogP contribution in [0.4, 0.5) is 5.69 Å². The summed E-state index contributed by atoms with van der Waals surface area (Å²) in [4.78, 5) is 3.91. The second kappa shape index (κ2) is 8.91. The maximum atomic E-state index is 12.8. The number of ether oxygens (including phenoxy) is 1. The normalized spacial score (nSPS) is 17.8. The van der Waals surface area contributed by atoms with Gasteiger partial charge in [0.25, 0.3) is 0 Å². The number of para-hydroxylation sites is 1. The highest BCUT2D eigenvalue weighted by Crippen LogP contribution is 2.27. The Balaban J connectivity index is 1.48. The van der Waals surface area contributed by atoms with Gasteiger partial charge in [0.1, 0.15) is 10.9 Å². The molecule has 27 heavy (non-hydrogen) atoms. The molecule has 1 atom stereocenters. The highest BCUT2D eigenvalue weighted by Gasteiger charge is 2.36. The van der Waals surface area contributed by atoms with Crippen molar-refractivity contribution in [1.29, 1.82) is 0 Å². The Morgan fingerprint density at radius 2 is 1.96 bits per heavy atom. The van der Waals surface area contributed by atoms with Crippen LogP contribution in [-0.2, 0) is 10.2 Å². The lowest BCUT2D eigenvalue weighted by Crippen LogP contribution is -2.34. The van der Waals surface area contributed by atoms with Gasteiger partial charge in [0.2, 0.25) is 0 Å². The van der Waals surface area contributed by atoms with E-state index in [0.717, 1.165) is 18.6 Å². The van der Waals surface area contributed by atoms with Gasteiger partial charge in [0, 0.05) is 25.8 Å². The Labute approximate surface area is 165 Å². The van der Waals surface area contributed by atoms with Crippen molar-refractivity contribution in [2.24, 2.45) is 5.92 Å². The molecule has 1 aromatic carbocycles. The van der Waals surface area contributed by atoms with Crippen molar-refractivity contribution < 1.29 is 13.2 Å². The third kappa shape index (κ3) is 5.12. The number of rotatable bonds is 8. The van der Waals surface area contributed by atoms with Gasteiger partial charge in [0.15, 0.2) is 0 Å². The van der Waals surface area contributed by atoms with Crippen LogP contribution in [-0.4, -0.2) is 43.9 Å². The lowest BCUT2D eigenvalue weighted by atomic mass is 10.0. The minimum Gasteiger partial charge on any atom is -0.494 e. The zero-order valence-electron chi connectivity index (χ0n) is 15.3. The molecular weight excluding hydrogens is 386 g/mol. The van der Waals surface area contributed by atoms with Crippen molar-refractivity contribution in [3.8, 4) is 5.75 Å². The molecule has 6 nitrogen and oxygen atoms in total. The molecule has 1 aromatic heterocycles. The fourth-order valence-electron chi connectivity index (χ4n) is 3.01. The number of aromatic nitrogens is 1. The summed E-state index contributed by atoms with van der Waals surface area (Å²) in [5.41, 5.74) is 0.557. The molecule has 0 amide bonds. The smallest absolute Gasteiger partial charge is 0.304 e. The number of hydrogen-bond donors (Lipinski definition) is 0. The minimum absolute atomic E-state index is 0.285. The van der Waals surface area contributed by atoms with Gasteiger partial charge in [-0.05, 0) is 43.0 Å². The molecule has 1 unspecified atom stereocenters.